The Labute approximate surface area is 237 Å². The molecule has 9 heteroatoms. The Morgan fingerprint density at radius 3 is 2.60 bits per heavy atom. The van der Waals surface area contributed by atoms with Crippen LogP contribution in [0.5, 0.6) is 0 Å². The van der Waals surface area contributed by atoms with Gasteiger partial charge in [0.1, 0.15) is 17.1 Å². The van der Waals surface area contributed by atoms with Crippen LogP contribution in [-0.4, -0.2) is 46.4 Å². The third-order valence-electron chi connectivity index (χ3n) is 8.49. The van der Waals surface area contributed by atoms with Crippen LogP contribution in [0.4, 0.5) is 5.13 Å². The Morgan fingerprint density at radius 1 is 1.10 bits per heavy atom. The van der Waals surface area contributed by atoms with E-state index in [4.69, 9.17) is 19.0 Å². The Hall–Kier alpha value is -3.56. The van der Waals surface area contributed by atoms with Crippen molar-refractivity contribution in [2.45, 2.75) is 76.2 Å². The zero-order valence-electron chi connectivity index (χ0n) is 22.7. The van der Waals surface area contributed by atoms with Gasteiger partial charge in [0, 0.05) is 46.3 Å². The van der Waals surface area contributed by atoms with Crippen LogP contribution in [-0.2, 0) is 16.1 Å². The molecule has 3 aliphatic rings. The largest absolute Gasteiger partial charge is 0.464 e. The van der Waals surface area contributed by atoms with Crippen molar-refractivity contribution in [3.05, 3.63) is 70.6 Å². The zero-order chi connectivity index (χ0) is 27.2. The number of fused-ring (bicyclic) bond motifs is 2. The number of pyridine rings is 1. The minimum atomic E-state index is -0.439. The molecule has 3 fully saturated rings. The maximum Gasteiger partial charge on any atom is 0.356 e. The number of anilines is 1. The molecule has 3 atom stereocenters. The molecule has 0 unspecified atom stereocenters. The van der Waals surface area contributed by atoms with E-state index < -0.39 is 5.97 Å². The molecule has 8 nitrogen and oxygen atoms in total. The maximum absolute atomic E-state index is 11.7. The molecule has 1 aliphatic carbocycles. The van der Waals surface area contributed by atoms with Gasteiger partial charge in [-0.15, -0.1) is 11.3 Å². The van der Waals surface area contributed by atoms with Crippen molar-refractivity contribution in [2.75, 3.05) is 12.0 Å². The van der Waals surface area contributed by atoms with Gasteiger partial charge in [-0.25, -0.2) is 14.8 Å². The van der Waals surface area contributed by atoms with Crippen LogP contribution in [0.2, 0.25) is 0 Å². The van der Waals surface area contributed by atoms with Gasteiger partial charge >= 0.3 is 5.97 Å². The van der Waals surface area contributed by atoms with E-state index in [1.54, 1.807) is 23.6 Å². The van der Waals surface area contributed by atoms with Crippen LogP contribution in [0.3, 0.4) is 0 Å². The fourth-order valence-corrected chi connectivity index (χ4v) is 7.22. The van der Waals surface area contributed by atoms with Crippen molar-refractivity contribution >= 4 is 22.4 Å². The van der Waals surface area contributed by atoms with E-state index in [1.807, 2.05) is 6.07 Å². The number of esters is 1. The van der Waals surface area contributed by atoms with Gasteiger partial charge in [-0.3, -0.25) is 0 Å². The number of carbonyl (C=O) groups excluding carboxylic acids is 1. The van der Waals surface area contributed by atoms with Gasteiger partial charge in [0.2, 0.25) is 0 Å². The number of aryl methyl sites for hydroxylation is 1. The molecule has 0 N–H and O–H groups in total. The second-order valence-electron chi connectivity index (χ2n) is 11.1. The molecule has 1 saturated carbocycles. The summed E-state index contributed by atoms with van der Waals surface area (Å²) in [7, 11) is 1.36. The van der Waals surface area contributed by atoms with Gasteiger partial charge in [-0.2, -0.15) is 0 Å². The van der Waals surface area contributed by atoms with E-state index in [1.165, 1.54) is 25.5 Å². The van der Waals surface area contributed by atoms with Gasteiger partial charge in [0.25, 0.3) is 0 Å². The number of hydrogen-bond acceptors (Lipinski definition) is 9. The van der Waals surface area contributed by atoms with E-state index in [-0.39, 0.29) is 6.10 Å². The van der Waals surface area contributed by atoms with Crippen LogP contribution >= 0.6 is 11.3 Å². The van der Waals surface area contributed by atoms with Crippen molar-refractivity contribution in [3.63, 3.8) is 0 Å². The van der Waals surface area contributed by atoms with Crippen molar-refractivity contribution < 1.29 is 18.8 Å². The van der Waals surface area contributed by atoms with E-state index in [9.17, 15) is 4.79 Å². The molecule has 3 aromatic heterocycles. The summed E-state index contributed by atoms with van der Waals surface area (Å²) in [5.74, 6) is 1.06. The Balaban J connectivity index is 1.04. The molecule has 2 bridgehead atoms. The van der Waals surface area contributed by atoms with Crippen molar-refractivity contribution in [2.24, 2.45) is 0 Å². The molecule has 2 saturated heterocycles. The summed E-state index contributed by atoms with van der Waals surface area (Å²) < 4.78 is 17.3. The lowest BCUT2D eigenvalue weighted by molar-refractivity contribution is 0.0147. The van der Waals surface area contributed by atoms with Crippen LogP contribution in [0.25, 0.3) is 22.5 Å². The van der Waals surface area contributed by atoms with Crippen LogP contribution in [0, 0.1) is 6.92 Å². The van der Waals surface area contributed by atoms with Gasteiger partial charge in [-0.1, -0.05) is 29.4 Å². The summed E-state index contributed by atoms with van der Waals surface area (Å²) in [6, 6.07) is 12.8. The molecule has 7 rings (SSSR count). The number of benzene rings is 1. The van der Waals surface area contributed by atoms with Crippen molar-refractivity contribution in [1.82, 2.24) is 15.1 Å². The fraction of sp³-hybridized carbons (Fsp3) is 0.419. The van der Waals surface area contributed by atoms with E-state index >= 15 is 0 Å². The first-order chi connectivity index (χ1) is 19.6. The van der Waals surface area contributed by atoms with Crippen molar-refractivity contribution in [3.8, 4) is 22.5 Å². The first-order valence-electron chi connectivity index (χ1n) is 14.0. The normalized spacial score (nSPS) is 22.1. The molecule has 206 valence electrons. The number of carbonyl (C=O) groups is 1. The quantitative estimate of drug-likeness (QED) is 0.226. The lowest BCUT2D eigenvalue weighted by atomic mass is 9.99. The molecular formula is C31H32N4O4S. The van der Waals surface area contributed by atoms with Gasteiger partial charge in [0.05, 0.1) is 25.5 Å². The van der Waals surface area contributed by atoms with E-state index in [0.29, 0.717) is 30.3 Å². The smallest absolute Gasteiger partial charge is 0.356 e. The summed E-state index contributed by atoms with van der Waals surface area (Å²) in [6.45, 7) is 2.66. The molecule has 1 aromatic carbocycles. The number of ether oxygens (including phenoxy) is 2. The van der Waals surface area contributed by atoms with E-state index in [0.717, 1.165) is 64.7 Å². The second kappa shape index (κ2) is 10.4. The molecule has 2 aliphatic heterocycles. The lowest BCUT2D eigenvalue weighted by Crippen LogP contribution is -2.45. The summed E-state index contributed by atoms with van der Waals surface area (Å²) in [5, 5.41) is 7.64. The highest BCUT2D eigenvalue weighted by Crippen LogP contribution is 2.46. The third kappa shape index (κ3) is 4.71. The second-order valence-corrected chi connectivity index (χ2v) is 11.9. The maximum atomic E-state index is 11.7. The number of nitrogens with zero attached hydrogens (tertiary/aromatic N) is 4. The van der Waals surface area contributed by atoms with Crippen LogP contribution in [0.15, 0.2) is 52.5 Å². The summed E-state index contributed by atoms with van der Waals surface area (Å²) in [4.78, 5) is 23.4. The first kappa shape index (κ1) is 25.4. The summed E-state index contributed by atoms with van der Waals surface area (Å²) in [5.41, 5.74) is 6.46. The number of hydrogen-bond donors (Lipinski definition) is 0. The monoisotopic (exact) mass is 556 g/mol. The number of methoxy groups -OCH3 is 1. The van der Waals surface area contributed by atoms with Crippen LogP contribution < -0.4 is 4.90 Å². The molecular weight excluding hydrogens is 524 g/mol. The number of aromatic nitrogens is 3. The Morgan fingerprint density at radius 2 is 1.90 bits per heavy atom. The number of rotatable bonds is 8. The van der Waals surface area contributed by atoms with Gasteiger partial charge in [-0.05, 0) is 63.1 Å². The first-order valence-corrected chi connectivity index (χ1v) is 14.9. The minimum absolute atomic E-state index is 0.204. The predicted molar refractivity (Wildman–Crippen MR) is 152 cm³/mol. The summed E-state index contributed by atoms with van der Waals surface area (Å²) in [6.07, 6.45) is 8.52. The number of thiazole rings is 1. The zero-order valence-corrected chi connectivity index (χ0v) is 23.5. The highest BCUT2D eigenvalue weighted by molar-refractivity contribution is 7.14. The van der Waals surface area contributed by atoms with Gasteiger partial charge in [0.15, 0.2) is 5.13 Å². The van der Waals surface area contributed by atoms with Crippen molar-refractivity contribution in [1.29, 1.82) is 0 Å². The Kier molecular flexibility index (Phi) is 6.64. The molecule has 0 amide bonds. The standard InChI is InChI=1S/C31H32N4O4S/c1-18-5-3-4-6-24(18)28-25(29(39-34-28)19-7-8-19)16-38-23-13-21-10-11-22(14-23)35(21)31-33-27(17-40-31)20-9-12-26(32-15-20)30(36)37-2/h3-6,9,12,15,17,19,21-23H,7-8,10-11,13-14,16H2,1-2H3/t21-,22+,23+. The minimum Gasteiger partial charge on any atom is -0.464 e. The van der Waals surface area contributed by atoms with Gasteiger partial charge < -0.3 is 18.9 Å². The third-order valence-corrected chi connectivity index (χ3v) is 9.34. The topological polar surface area (TPSA) is 90.6 Å². The highest BCUT2D eigenvalue weighted by Gasteiger charge is 2.43. The SMILES string of the molecule is COC(=O)c1ccc(-c2csc(N3[C@@H]4CC[C@H]3C[C@@H](OCc3c(-c5ccccc5C)noc3C3CC3)C4)n2)cn1. The van der Waals surface area contributed by atoms with E-state index in [2.05, 4.69) is 51.6 Å². The summed E-state index contributed by atoms with van der Waals surface area (Å²) >= 11 is 1.67. The average molecular weight is 557 g/mol. The molecule has 40 heavy (non-hydrogen) atoms. The fourth-order valence-electron chi connectivity index (χ4n) is 6.24. The van der Waals surface area contributed by atoms with Crippen LogP contribution in [0.1, 0.15) is 71.8 Å². The molecule has 4 aromatic rings. The Bertz CT molecular complexity index is 1510. The molecule has 0 spiro atoms. The lowest BCUT2D eigenvalue weighted by Gasteiger charge is -2.38. The number of piperidine rings is 1. The highest BCUT2D eigenvalue weighted by atomic mass is 32.1. The molecule has 0 radical (unpaired) electrons. The molecule has 5 heterocycles. The predicted octanol–water partition coefficient (Wildman–Crippen LogP) is 6.55. The average Bonchev–Trinajstić information content (AvgIpc) is 3.45.